The predicted molar refractivity (Wildman–Crippen MR) is 86.5 cm³/mol. The van der Waals surface area contributed by atoms with Crippen molar-refractivity contribution < 1.29 is 9.53 Å². The molecule has 23 heavy (non-hydrogen) atoms. The second kappa shape index (κ2) is 5.72. The topological polar surface area (TPSA) is 71.1 Å². The number of aryl methyl sites for hydroxylation is 1. The lowest BCUT2D eigenvalue weighted by atomic mass is 10.1. The summed E-state index contributed by atoms with van der Waals surface area (Å²) in [4.78, 5) is 18.6. The van der Waals surface area contributed by atoms with Gasteiger partial charge in [-0.25, -0.2) is 4.98 Å². The van der Waals surface area contributed by atoms with Crippen molar-refractivity contribution in [2.75, 3.05) is 18.1 Å². The van der Waals surface area contributed by atoms with Gasteiger partial charge in [-0.1, -0.05) is 12.1 Å². The predicted octanol–water partition coefficient (Wildman–Crippen LogP) is 2.32. The Balaban J connectivity index is 1.51. The van der Waals surface area contributed by atoms with Crippen LogP contribution in [0.25, 0.3) is 11.0 Å². The highest BCUT2D eigenvalue weighted by atomic mass is 16.5. The largest absolute Gasteiger partial charge is 0.490 e. The zero-order valence-corrected chi connectivity index (χ0v) is 12.5. The third kappa shape index (κ3) is 2.52. The van der Waals surface area contributed by atoms with Crippen LogP contribution in [0.1, 0.15) is 12.1 Å². The first-order valence-corrected chi connectivity index (χ1v) is 7.63. The normalized spacial score (nSPS) is 13.7. The van der Waals surface area contributed by atoms with E-state index in [9.17, 15) is 4.79 Å². The number of ether oxygens (including phenoxy) is 1. The summed E-state index contributed by atoms with van der Waals surface area (Å²) in [6.45, 7) is 1.11. The quantitative estimate of drug-likeness (QED) is 0.806. The summed E-state index contributed by atoms with van der Waals surface area (Å²) in [5.41, 5.74) is 2.48. The first-order valence-electron chi connectivity index (χ1n) is 7.63. The highest BCUT2D eigenvalue weighted by Crippen LogP contribution is 2.31. The third-order valence-electron chi connectivity index (χ3n) is 4.03. The fraction of sp³-hybridized carbons (Fsp3) is 0.235. The van der Waals surface area contributed by atoms with Crippen LogP contribution in [0, 0.1) is 0 Å². The molecule has 0 saturated carbocycles. The molecule has 0 spiro atoms. The van der Waals surface area contributed by atoms with Crippen molar-refractivity contribution in [3.63, 3.8) is 0 Å². The van der Waals surface area contributed by atoms with Crippen LogP contribution in [0.5, 0.6) is 5.75 Å². The lowest BCUT2D eigenvalue weighted by molar-refractivity contribution is -0.118. The number of amides is 1. The molecule has 2 aromatic heterocycles. The highest BCUT2D eigenvalue weighted by molar-refractivity contribution is 5.95. The molecule has 0 saturated heterocycles. The molecule has 0 aliphatic carbocycles. The van der Waals surface area contributed by atoms with Gasteiger partial charge >= 0.3 is 0 Å². The van der Waals surface area contributed by atoms with E-state index in [1.165, 1.54) is 0 Å². The smallest absolute Gasteiger partial charge is 0.227 e. The van der Waals surface area contributed by atoms with Crippen molar-refractivity contribution >= 4 is 22.6 Å². The number of nitrogens with one attached hydrogen (secondary N) is 1. The summed E-state index contributed by atoms with van der Waals surface area (Å²) in [6.07, 6.45) is 2.74. The van der Waals surface area contributed by atoms with Gasteiger partial charge in [0, 0.05) is 23.7 Å². The second-order valence-electron chi connectivity index (χ2n) is 5.44. The average molecular weight is 308 g/mol. The van der Waals surface area contributed by atoms with E-state index in [1.807, 2.05) is 36.4 Å². The Morgan fingerprint density at radius 1 is 1.26 bits per heavy atom. The summed E-state index contributed by atoms with van der Waals surface area (Å²) >= 11 is 0. The Kier molecular flexibility index (Phi) is 3.42. The number of carbonyl (C=O) groups is 1. The summed E-state index contributed by atoms with van der Waals surface area (Å²) in [5, 5.41) is 8.12. The van der Waals surface area contributed by atoms with Crippen molar-refractivity contribution in [3.8, 4) is 5.75 Å². The molecule has 0 fully saturated rings. The van der Waals surface area contributed by atoms with Crippen molar-refractivity contribution in [3.05, 3.63) is 48.3 Å². The number of para-hydroxylation sites is 2. The minimum Gasteiger partial charge on any atom is -0.490 e. The number of benzene rings is 1. The molecule has 0 unspecified atom stereocenters. The molecule has 6 nitrogen and oxygen atoms in total. The molecule has 3 aromatic rings. The van der Waals surface area contributed by atoms with Gasteiger partial charge in [0.15, 0.2) is 5.65 Å². The lowest BCUT2D eigenvalue weighted by Gasteiger charge is -2.29. The molecule has 6 heteroatoms. The molecule has 1 aliphatic heterocycles. The van der Waals surface area contributed by atoms with Gasteiger partial charge in [0.05, 0.1) is 12.2 Å². The zero-order valence-electron chi connectivity index (χ0n) is 12.5. The van der Waals surface area contributed by atoms with Crippen molar-refractivity contribution in [2.45, 2.75) is 12.8 Å². The lowest BCUT2D eigenvalue weighted by Crippen LogP contribution is -2.38. The van der Waals surface area contributed by atoms with Gasteiger partial charge in [0.1, 0.15) is 12.4 Å². The monoisotopic (exact) mass is 308 g/mol. The Bertz CT molecular complexity index is 858. The van der Waals surface area contributed by atoms with E-state index in [-0.39, 0.29) is 5.91 Å². The first kappa shape index (κ1) is 13.8. The number of carbonyl (C=O) groups excluding carboxylic acids is 1. The van der Waals surface area contributed by atoms with Crippen LogP contribution < -0.4 is 9.64 Å². The maximum atomic E-state index is 12.6. The number of fused-ring (bicyclic) bond motifs is 2. The number of aromatic amines is 1. The van der Waals surface area contributed by atoms with Gasteiger partial charge in [-0.15, -0.1) is 0 Å². The number of pyridine rings is 1. The van der Waals surface area contributed by atoms with Gasteiger partial charge in [-0.05, 0) is 30.7 Å². The van der Waals surface area contributed by atoms with E-state index in [2.05, 4.69) is 15.2 Å². The molecule has 3 heterocycles. The molecule has 1 aromatic carbocycles. The number of hydrogen-bond donors (Lipinski definition) is 1. The van der Waals surface area contributed by atoms with Gasteiger partial charge in [0.25, 0.3) is 0 Å². The summed E-state index contributed by atoms with van der Waals surface area (Å²) in [5.74, 6) is 0.857. The van der Waals surface area contributed by atoms with Crippen LogP contribution in [0.3, 0.4) is 0 Å². The van der Waals surface area contributed by atoms with E-state index in [1.54, 1.807) is 11.1 Å². The fourth-order valence-electron chi connectivity index (χ4n) is 2.89. The van der Waals surface area contributed by atoms with E-state index < -0.39 is 0 Å². The van der Waals surface area contributed by atoms with Crippen LogP contribution >= 0.6 is 0 Å². The Morgan fingerprint density at radius 3 is 3.13 bits per heavy atom. The molecular formula is C17H16N4O2. The molecule has 116 valence electrons. The standard InChI is InChI=1S/C17H16N4O2/c22-16(21-10-11-23-15-6-2-1-5-14(15)21)8-7-13-12-4-3-9-18-17(12)20-19-13/h1-6,9H,7-8,10-11H2,(H,18,19,20). The first-order chi connectivity index (χ1) is 11.3. The zero-order chi connectivity index (χ0) is 15.6. The number of H-pyrrole nitrogens is 1. The maximum absolute atomic E-state index is 12.6. The number of hydrogen-bond acceptors (Lipinski definition) is 4. The molecule has 0 atom stereocenters. The van der Waals surface area contributed by atoms with Gasteiger partial charge in [-0.2, -0.15) is 5.10 Å². The van der Waals surface area contributed by atoms with Crippen LogP contribution in [-0.4, -0.2) is 34.2 Å². The molecule has 0 radical (unpaired) electrons. The molecule has 1 N–H and O–H groups in total. The number of anilines is 1. The summed E-state index contributed by atoms with van der Waals surface area (Å²) < 4.78 is 5.59. The highest BCUT2D eigenvalue weighted by Gasteiger charge is 2.23. The summed E-state index contributed by atoms with van der Waals surface area (Å²) in [7, 11) is 0. The van der Waals surface area contributed by atoms with Crippen molar-refractivity contribution in [1.29, 1.82) is 0 Å². The number of rotatable bonds is 3. The van der Waals surface area contributed by atoms with Gasteiger partial charge in [-0.3, -0.25) is 9.89 Å². The molecule has 1 amide bonds. The average Bonchev–Trinajstić information content (AvgIpc) is 3.02. The van der Waals surface area contributed by atoms with Crippen LogP contribution in [0.4, 0.5) is 5.69 Å². The second-order valence-corrected chi connectivity index (χ2v) is 5.44. The van der Waals surface area contributed by atoms with Crippen LogP contribution in [-0.2, 0) is 11.2 Å². The minimum absolute atomic E-state index is 0.0902. The molecule has 4 rings (SSSR count). The Labute approximate surface area is 133 Å². The van der Waals surface area contributed by atoms with E-state index in [0.717, 1.165) is 22.5 Å². The van der Waals surface area contributed by atoms with Crippen molar-refractivity contribution in [2.24, 2.45) is 0 Å². The molecule has 1 aliphatic rings. The van der Waals surface area contributed by atoms with Gasteiger partial charge < -0.3 is 9.64 Å². The fourth-order valence-corrected chi connectivity index (χ4v) is 2.89. The van der Waals surface area contributed by atoms with E-state index in [4.69, 9.17) is 4.74 Å². The summed E-state index contributed by atoms with van der Waals surface area (Å²) in [6, 6.07) is 11.5. The minimum atomic E-state index is 0.0902. The van der Waals surface area contributed by atoms with Crippen LogP contribution in [0.2, 0.25) is 0 Å². The SMILES string of the molecule is O=C(CCc1[nH]nc2ncccc12)N1CCOc2ccccc21. The third-order valence-corrected chi connectivity index (χ3v) is 4.03. The maximum Gasteiger partial charge on any atom is 0.227 e. The Hall–Kier alpha value is -2.89. The molecular weight excluding hydrogens is 292 g/mol. The van der Waals surface area contributed by atoms with Crippen molar-refractivity contribution in [1.82, 2.24) is 15.2 Å². The number of nitrogens with zero attached hydrogens (tertiary/aromatic N) is 3. The number of aromatic nitrogens is 3. The Morgan fingerprint density at radius 2 is 2.17 bits per heavy atom. The van der Waals surface area contributed by atoms with Gasteiger partial charge in [0.2, 0.25) is 5.91 Å². The van der Waals surface area contributed by atoms with Crippen LogP contribution in [0.15, 0.2) is 42.6 Å². The molecule has 0 bridgehead atoms. The van der Waals surface area contributed by atoms with E-state index >= 15 is 0 Å². The van der Waals surface area contributed by atoms with E-state index in [0.29, 0.717) is 31.6 Å².